The largest absolute Gasteiger partial charge is 0.445 e. The molecule has 7 heteroatoms. The van der Waals surface area contributed by atoms with Crippen LogP contribution in [0.3, 0.4) is 0 Å². The number of nitrogens with zero attached hydrogens (tertiary/aromatic N) is 2. The zero-order chi connectivity index (χ0) is 22.2. The number of amides is 2. The lowest BCUT2D eigenvalue weighted by atomic mass is 10.0. The highest BCUT2D eigenvalue weighted by Crippen LogP contribution is 2.15. The van der Waals surface area contributed by atoms with Gasteiger partial charge in [0, 0.05) is 19.0 Å². The van der Waals surface area contributed by atoms with Gasteiger partial charge in [0.2, 0.25) is 5.91 Å². The molecule has 0 unspecified atom stereocenters. The van der Waals surface area contributed by atoms with Crippen molar-refractivity contribution in [1.82, 2.24) is 15.4 Å². The summed E-state index contributed by atoms with van der Waals surface area (Å²) in [6, 6.07) is 18.2. The Bertz CT molecular complexity index is 983. The average molecular weight is 421 g/mol. The summed E-state index contributed by atoms with van der Waals surface area (Å²) < 4.78 is 10.5. The van der Waals surface area contributed by atoms with Crippen LogP contribution in [0.5, 0.6) is 0 Å². The summed E-state index contributed by atoms with van der Waals surface area (Å²) in [5.74, 6) is 0.451. The smallest absolute Gasteiger partial charge is 0.408 e. The first-order valence-corrected chi connectivity index (χ1v) is 10.1. The Labute approximate surface area is 182 Å². The SMILES string of the molecule is Cc1noc(C)c1CN(C)C(=O)[C@H](Cc1ccccc1)NC(=O)OCc1ccccc1. The van der Waals surface area contributed by atoms with Crippen molar-refractivity contribution in [3.8, 4) is 0 Å². The zero-order valence-electron chi connectivity index (χ0n) is 18.0. The lowest BCUT2D eigenvalue weighted by molar-refractivity contribution is -0.132. The van der Waals surface area contributed by atoms with Gasteiger partial charge in [-0.05, 0) is 25.0 Å². The van der Waals surface area contributed by atoms with E-state index in [2.05, 4.69) is 10.5 Å². The Morgan fingerprint density at radius 2 is 1.65 bits per heavy atom. The Hall–Kier alpha value is -3.61. The molecule has 7 nitrogen and oxygen atoms in total. The molecule has 2 aromatic carbocycles. The van der Waals surface area contributed by atoms with Crippen LogP contribution in [-0.2, 0) is 29.1 Å². The fourth-order valence-corrected chi connectivity index (χ4v) is 3.27. The molecule has 162 valence electrons. The molecule has 1 heterocycles. The minimum atomic E-state index is -0.767. The fourth-order valence-electron chi connectivity index (χ4n) is 3.27. The van der Waals surface area contributed by atoms with Crippen LogP contribution in [0.15, 0.2) is 65.2 Å². The molecule has 2 amide bonds. The number of carbonyl (C=O) groups is 2. The van der Waals surface area contributed by atoms with Crippen molar-refractivity contribution in [3.05, 3.63) is 88.8 Å². The summed E-state index contributed by atoms with van der Waals surface area (Å²) in [6.07, 6.45) is -0.282. The van der Waals surface area contributed by atoms with E-state index in [-0.39, 0.29) is 12.5 Å². The first-order chi connectivity index (χ1) is 14.9. The van der Waals surface area contributed by atoms with E-state index in [1.807, 2.05) is 74.5 Å². The van der Waals surface area contributed by atoms with E-state index in [0.717, 1.165) is 22.4 Å². The predicted molar refractivity (Wildman–Crippen MR) is 116 cm³/mol. The molecule has 0 spiro atoms. The van der Waals surface area contributed by atoms with Crippen LogP contribution in [0, 0.1) is 13.8 Å². The lowest BCUT2D eigenvalue weighted by Crippen LogP contribution is -2.48. The number of hydrogen-bond acceptors (Lipinski definition) is 5. The molecule has 0 fully saturated rings. The Morgan fingerprint density at radius 3 is 2.23 bits per heavy atom. The summed E-state index contributed by atoms with van der Waals surface area (Å²) in [4.78, 5) is 27.2. The number of aryl methyl sites for hydroxylation is 2. The third-order valence-corrected chi connectivity index (χ3v) is 5.04. The Morgan fingerprint density at radius 1 is 1.03 bits per heavy atom. The Balaban J connectivity index is 1.69. The van der Waals surface area contributed by atoms with Gasteiger partial charge in [0.25, 0.3) is 0 Å². The van der Waals surface area contributed by atoms with Crippen LogP contribution < -0.4 is 5.32 Å². The maximum atomic E-state index is 13.2. The van der Waals surface area contributed by atoms with Gasteiger partial charge in [0.15, 0.2) is 0 Å². The number of ether oxygens (including phenoxy) is 1. The van der Waals surface area contributed by atoms with Crippen LogP contribution in [0.1, 0.15) is 28.1 Å². The minimum Gasteiger partial charge on any atom is -0.445 e. The number of likely N-dealkylation sites (N-methyl/N-ethyl adjacent to an activating group) is 1. The van der Waals surface area contributed by atoms with Crippen LogP contribution >= 0.6 is 0 Å². The lowest BCUT2D eigenvalue weighted by Gasteiger charge is -2.24. The van der Waals surface area contributed by atoms with Gasteiger partial charge in [-0.15, -0.1) is 0 Å². The molecular formula is C24H27N3O4. The van der Waals surface area contributed by atoms with E-state index in [4.69, 9.17) is 9.26 Å². The molecule has 0 bridgehead atoms. The highest BCUT2D eigenvalue weighted by atomic mass is 16.5. The highest BCUT2D eigenvalue weighted by Gasteiger charge is 2.26. The summed E-state index contributed by atoms with van der Waals surface area (Å²) in [5, 5.41) is 6.67. The fraction of sp³-hybridized carbons (Fsp3) is 0.292. The third kappa shape index (κ3) is 6.18. The number of alkyl carbamates (subject to hydrolysis) is 1. The van der Waals surface area contributed by atoms with E-state index < -0.39 is 12.1 Å². The van der Waals surface area contributed by atoms with Crippen molar-refractivity contribution in [2.24, 2.45) is 0 Å². The molecule has 1 N–H and O–H groups in total. The molecule has 1 aromatic heterocycles. The monoisotopic (exact) mass is 421 g/mol. The topological polar surface area (TPSA) is 84.7 Å². The van der Waals surface area contributed by atoms with Crippen molar-refractivity contribution in [2.45, 2.75) is 39.5 Å². The van der Waals surface area contributed by atoms with Gasteiger partial charge < -0.3 is 19.5 Å². The van der Waals surface area contributed by atoms with Gasteiger partial charge in [0.1, 0.15) is 18.4 Å². The van der Waals surface area contributed by atoms with E-state index in [1.54, 1.807) is 11.9 Å². The van der Waals surface area contributed by atoms with E-state index in [1.165, 1.54) is 0 Å². The molecule has 3 rings (SSSR count). The van der Waals surface area contributed by atoms with E-state index in [0.29, 0.717) is 18.7 Å². The molecule has 3 aromatic rings. The predicted octanol–water partition coefficient (Wildman–Crippen LogP) is 3.79. The number of rotatable bonds is 8. The number of nitrogens with one attached hydrogen (secondary N) is 1. The summed E-state index contributed by atoms with van der Waals surface area (Å²) in [6.45, 7) is 4.12. The molecule has 31 heavy (non-hydrogen) atoms. The van der Waals surface area contributed by atoms with Gasteiger partial charge in [-0.1, -0.05) is 65.8 Å². The van der Waals surface area contributed by atoms with Crippen LogP contribution in [-0.4, -0.2) is 35.1 Å². The van der Waals surface area contributed by atoms with Gasteiger partial charge >= 0.3 is 6.09 Å². The van der Waals surface area contributed by atoms with Gasteiger partial charge in [-0.25, -0.2) is 4.79 Å². The second kappa shape index (κ2) is 10.4. The molecule has 0 radical (unpaired) electrons. The normalized spacial score (nSPS) is 11.6. The summed E-state index contributed by atoms with van der Waals surface area (Å²) in [7, 11) is 1.70. The summed E-state index contributed by atoms with van der Waals surface area (Å²) >= 11 is 0. The van der Waals surface area contributed by atoms with Crippen LogP contribution in [0.2, 0.25) is 0 Å². The Kier molecular flexibility index (Phi) is 7.43. The van der Waals surface area contributed by atoms with Crippen molar-refractivity contribution < 1.29 is 18.8 Å². The van der Waals surface area contributed by atoms with Gasteiger partial charge in [-0.2, -0.15) is 0 Å². The van der Waals surface area contributed by atoms with Gasteiger partial charge in [0.05, 0.1) is 12.2 Å². The summed E-state index contributed by atoms with van der Waals surface area (Å²) in [5.41, 5.74) is 3.42. The maximum Gasteiger partial charge on any atom is 0.408 e. The molecular weight excluding hydrogens is 394 g/mol. The zero-order valence-corrected chi connectivity index (χ0v) is 18.0. The van der Waals surface area contributed by atoms with Crippen molar-refractivity contribution >= 4 is 12.0 Å². The second-order valence-electron chi connectivity index (χ2n) is 7.45. The average Bonchev–Trinajstić information content (AvgIpc) is 3.10. The van der Waals surface area contributed by atoms with E-state index in [9.17, 15) is 9.59 Å². The molecule has 0 aliphatic heterocycles. The van der Waals surface area contributed by atoms with Crippen LogP contribution in [0.25, 0.3) is 0 Å². The van der Waals surface area contributed by atoms with Crippen molar-refractivity contribution in [3.63, 3.8) is 0 Å². The number of aromatic nitrogens is 1. The first kappa shape index (κ1) is 22.1. The molecule has 1 atom stereocenters. The highest BCUT2D eigenvalue weighted by molar-refractivity contribution is 5.85. The second-order valence-corrected chi connectivity index (χ2v) is 7.45. The van der Waals surface area contributed by atoms with Crippen molar-refractivity contribution in [1.29, 1.82) is 0 Å². The first-order valence-electron chi connectivity index (χ1n) is 10.1. The number of carbonyl (C=O) groups excluding carboxylic acids is 2. The molecule has 0 saturated carbocycles. The van der Waals surface area contributed by atoms with Gasteiger partial charge in [-0.3, -0.25) is 4.79 Å². The number of benzene rings is 2. The van der Waals surface area contributed by atoms with E-state index >= 15 is 0 Å². The van der Waals surface area contributed by atoms with Crippen LogP contribution in [0.4, 0.5) is 4.79 Å². The molecule has 0 aliphatic carbocycles. The third-order valence-electron chi connectivity index (χ3n) is 5.04. The minimum absolute atomic E-state index is 0.133. The number of hydrogen-bond donors (Lipinski definition) is 1. The molecule has 0 aliphatic rings. The standard InChI is InChI=1S/C24H27N3O4/c1-17-21(18(2)31-26-17)15-27(3)23(28)22(14-19-10-6-4-7-11-19)25-24(29)30-16-20-12-8-5-9-13-20/h4-13,22H,14-16H2,1-3H3,(H,25,29)/t22-/m0/s1. The maximum absolute atomic E-state index is 13.2. The molecule has 0 saturated heterocycles. The quantitative estimate of drug-likeness (QED) is 0.598. The van der Waals surface area contributed by atoms with Crippen molar-refractivity contribution in [2.75, 3.05) is 7.05 Å².